The van der Waals surface area contributed by atoms with Crippen LogP contribution in [0.25, 0.3) is 10.2 Å². The molecule has 2 amide bonds. The van der Waals surface area contributed by atoms with E-state index in [2.05, 4.69) is 20.6 Å². The molecule has 0 fully saturated rings. The first-order valence-electron chi connectivity index (χ1n) is 6.98. The topological polar surface area (TPSA) is 84.0 Å². The largest absolute Gasteiger partial charge is 0.352 e. The number of carbonyl (C=O) groups is 2. The van der Waals surface area contributed by atoms with E-state index in [0.29, 0.717) is 27.8 Å². The molecule has 2 N–H and O–H groups in total. The monoisotopic (exact) mass is 346 g/mol. The predicted octanol–water partition coefficient (Wildman–Crippen LogP) is 3.06. The molecule has 1 aromatic carbocycles. The molecule has 0 bridgehead atoms. The fourth-order valence-electron chi connectivity index (χ4n) is 2.07. The van der Waals surface area contributed by atoms with Gasteiger partial charge in [0.25, 0.3) is 11.8 Å². The molecule has 8 heteroatoms. The fraction of sp³-hybridized carbons (Fsp3) is 0.200. The van der Waals surface area contributed by atoms with E-state index in [1.165, 1.54) is 22.7 Å². The number of aryl methyl sites for hydroxylation is 1. The summed E-state index contributed by atoms with van der Waals surface area (Å²) in [6.07, 6.45) is 0. The van der Waals surface area contributed by atoms with Crippen LogP contribution < -0.4 is 10.6 Å². The molecule has 0 atom stereocenters. The third-order valence-electron chi connectivity index (χ3n) is 3.15. The zero-order valence-corrected chi connectivity index (χ0v) is 14.2. The summed E-state index contributed by atoms with van der Waals surface area (Å²) in [5.41, 5.74) is 3.76. The Bertz CT molecular complexity index is 885. The molecule has 0 spiro atoms. The Balaban J connectivity index is 1.79. The minimum atomic E-state index is -0.253. The van der Waals surface area contributed by atoms with Crippen molar-refractivity contribution in [2.24, 2.45) is 0 Å². The number of hydrogen-bond donors (Lipinski definition) is 2. The van der Waals surface area contributed by atoms with Crippen molar-refractivity contribution in [3.8, 4) is 0 Å². The lowest BCUT2D eigenvalue weighted by Gasteiger charge is -2.01. The lowest BCUT2D eigenvalue weighted by Crippen LogP contribution is -2.22. The third kappa shape index (κ3) is 3.22. The van der Waals surface area contributed by atoms with Crippen LogP contribution in [-0.4, -0.2) is 28.3 Å². The lowest BCUT2D eigenvalue weighted by atomic mass is 10.2. The van der Waals surface area contributed by atoms with Gasteiger partial charge in [0.15, 0.2) is 5.13 Å². The number of aromatic nitrogens is 2. The van der Waals surface area contributed by atoms with Crippen molar-refractivity contribution in [1.82, 2.24) is 15.3 Å². The Morgan fingerprint density at radius 2 is 2.09 bits per heavy atom. The molecule has 6 nitrogen and oxygen atoms in total. The van der Waals surface area contributed by atoms with E-state index in [1.54, 1.807) is 24.6 Å². The number of fused-ring (bicyclic) bond motifs is 1. The smallest absolute Gasteiger partial charge is 0.263 e. The fourth-order valence-corrected chi connectivity index (χ4v) is 3.66. The van der Waals surface area contributed by atoms with E-state index in [4.69, 9.17) is 0 Å². The maximum absolute atomic E-state index is 12.3. The number of hydrogen-bond acceptors (Lipinski definition) is 6. The van der Waals surface area contributed by atoms with Gasteiger partial charge in [-0.2, -0.15) is 0 Å². The molecule has 0 aliphatic heterocycles. The summed E-state index contributed by atoms with van der Waals surface area (Å²) in [7, 11) is 0. The number of carbonyl (C=O) groups excluding carboxylic acids is 2. The van der Waals surface area contributed by atoms with Crippen molar-refractivity contribution in [2.75, 3.05) is 11.9 Å². The van der Waals surface area contributed by atoms with E-state index in [0.717, 1.165) is 10.2 Å². The normalized spacial score (nSPS) is 10.7. The molecule has 0 aliphatic rings. The second kappa shape index (κ2) is 6.43. The van der Waals surface area contributed by atoms with Crippen LogP contribution >= 0.6 is 22.7 Å². The van der Waals surface area contributed by atoms with Gasteiger partial charge in [-0.05, 0) is 32.0 Å². The average molecular weight is 346 g/mol. The predicted molar refractivity (Wildman–Crippen MR) is 92.4 cm³/mol. The van der Waals surface area contributed by atoms with Crippen molar-refractivity contribution in [2.45, 2.75) is 13.8 Å². The zero-order chi connectivity index (χ0) is 16.4. The van der Waals surface area contributed by atoms with Gasteiger partial charge in [0, 0.05) is 12.1 Å². The van der Waals surface area contributed by atoms with E-state index >= 15 is 0 Å². The second-order valence-corrected chi connectivity index (χ2v) is 6.67. The van der Waals surface area contributed by atoms with Crippen LogP contribution in [0.3, 0.4) is 0 Å². The van der Waals surface area contributed by atoms with E-state index < -0.39 is 0 Å². The maximum atomic E-state index is 12.3. The van der Waals surface area contributed by atoms with Gasteiger partial charge < -0.3 is 5.32 Å². The van der Waals surface area contributed by atoms with Crippen molar-refractivity contribution in [3.63, 3.8) is 0 Å². The van der Waals surface area contributed by atoms with E-state index in [9.17, 15) is 9.59 Å². The Morgan fingerprint density at radius 1 is 1.26 bits per heavy atom. The molecule has 0 saturated heterocycles. The van der Waals surface area contributed by atoms with Gasteiger partial charge in [-0.25, -0.2) is 9.97 Å². The Labute approximate surface area is 140 Å². The van der Waals surface area contributed by atoms with Crippen molar-refractivity contribution in [3.05, 3.63) is 39.8 Å². The molecule has 0 aliphatic carbocycles. The SMILES string of the molecule is CCNC(=O)c1sc(NC(=O)c2ccc3ncsc3c2)nc1C. The van der Waals surface area contributed by atoms with Gasteiger partial charge in [-0.1, -0.05) is 11.3 Å². The van der Waals surface area contributed by atoms with Gasteiger partial charge >= 0.3 is 0 Å². The second-order valence-electron chi connectivity index (χ2n) is 4.78. The summed E-state index contributed by atoms with van der Waals surface area (Å²) < 4.78 is 0.955. The van der Waals surface area contributed by atoms with Gasteiger partial charge in [0.2, 0.25) is 0 Å². The molecule has 3 aromatic rings. The molecule has 2 aromatic heterocycles. The van der Waals surface area contributed by atoms with Crippen LogP contribution in [0.15, 0.2) is 23.7 Å². The average Bonchev–Trinajstić information content (AvgIpc) is 3.13. The standard InChI is InChI=1S/C15H14N4O2S2/c1-3-16-14(21)12-8(2)18-15(23-12)19-13(20)9-4-5-10-11(6-9)22-7-17-10/h4-7H,3H2,1-2H3,(H,16,21)(H,18,19,20). The summed E-state index contributed by atoms with van der Waals surface area (Å²) in [4.78, 5) is 33.2. The molecule has 2 heterocycles. The van der Waals surface area contributed by atoms with Crippen molar-refractivity contribution in [1.29, 1.82) is 0 Å². The van der Waals surface area contributed by atoms with Crippen LogP contribution in [0.4, 0.5) is 5.13 Å². The Hall–Kier alpha value is -2.32. The Kier molecular flexibility index (Phi) is 4.35. The number of rotatable bonds is 4. The lowest BCUT2D eigenvalue weighted by molar-refractivity contribution is 0.0958. The minimum absolute atomic E-state index is 0.172. The number of benzene rings is 1. The van der Waals surface area contributed by atoms with Crippen molar-refractivity contribution < 1.29 is 9.59 Å². The highest BCUT2D eigenvalue weighted by Gasteiger charge is 2.16. The summed E-state index contributed by atoms with van der Waals surface area (Å²) in [5.74, 6) is -0.425. The number of nitrogens with zero attached hydrogens (tertiary/aromatic N) is 2. The molecular formula is C15H14N4O2S2. The number of thiazole rings is 2. The van der Waals surface area contributed by atoms with Gasteiger partial charge in [-0.3, -0.25) is 14.9 Å². The quantitative estimate of drug-likeness (QED) is 0.760. The Morgan fingerprint density at radius 3 is 2.87 bits per heavy atom. The van der Waals surface area contributed by atoms with Crippen molar-refractivity contribution >= 4 is 49.8 Å². The highest BCUT2D eigenvalue weighted by molar-refractivity contribution is 7.18. The summed E-state index contributed by atoms with van der Waals surface area (Å²) in [6.45, 7) is 4.15. The summed E-state index contributed by atoms with van der Waals surface area (Å²) in [5, 5.41) is 5.89. The molecule has 3 rings (SSSR count). The van der Waals surface area contributed by atoms with Gasteiger partial charge in [0.1, 0.15) is 4.88 Å². The number of nitrogens with one attached hydrogen (secondary N) is 2. The highest BCUT2D eigenvalue weighted by atomic mass is 32.1. The van der Waals surface area contributed by atoms with Crippen LogP contribution in [-0.2, 0) is 0 Å². The minimum Gasteiger partial charge on any atom is -0.352 e. The molecule has 0 radical (unpaired) electrons. The first kappa shape index (κ1) is 15.6. The number of anilines is 1. The highest BCUT2D eigenvalue weighted by Crippen LogP contribution is 2.24. The van der Waals surface area contributed by atoms with Crippen LogP contribution in [0.5, 0.6) is 0 Å². The molecule has 0 unspecified atom stereocenters. The van der Waals surface area contributed by atoms with Crippen LogP contribution in [0.1, 0.15) is 32.6 Å². The molecule has 118 valence electrons. The molecule has 23 heavy (non-hydrogen) atoms. The first-order valence-corrected chi connectivity index (χ1v) is 8.68. The van der Waals surface area contributed by atoms with E-state index in [1.807, 2.05) is 13.0 Å². The van der Waals surface area contributed by atoms with Gasteiger partial charge in [-0.15, -0.1) is 11.3 Å². The molecule has 0 saturated carbocycles. The summed E-state index contributed by atoms with van der Waals surface area (Å²) in [6, 6.07) is 5.34. The van der Waals surface area contributed by atoms with Crippen LogP contribution in [0.2, 0.25) is 0 Å². The maximum Gasteiger partial charge on any atom is 0.263 e. The third-order valence-corrected chi connectivity index (χ3v) is 5.02. The summed E-state index contributed by atoms with van der Waals surface area (Å²) >= 11 is 2.66. The van der Waals surface area contributed by atoms with Gasteiger partial charge in [0.05, 0.1) is 21.4 Å². The number of amides is 2. The molecular weight excluding hydrogens is 332 g/mol. The van der Waals surface area contributed by atoms with Crippen LogP contribution in [0, 0.1) is 6.92 Å². The van der Waals surface area contributed by atoms with E-state index in [-0.39, 0.29) is 11.8 Å². The zero-order valence-electron chi connectivity index (χ0n) is 12.5. The first-order chi connectivity index (χ1) is 11.1.